The second kappa shape index (κ2) is 5.64. The maximum atomic E-state index is 6.15. The normalized spacial score (nSPS) is 10.4. The summed E-state index contributed by atoms with van der Waals surface area (Å²) in [6, 6.07) is 12.1. The van der Waals surface area contributed by atoms with Gasteiger partial charge in [0.15, 0.2) is 0 Å². The van der Waals surface area contributed by atoms with Crippen LogP contribution in [0.4, 0.5) is 5.69 Å². The van der Waals surface area contributed by atoms with Crippen molar-refractivity contribution in [3.8, 4) is 0 Å². The number of aryl methyl sites for hydroxylation is 2. The van der Waals surface area contributed by atoms with Crippen molar-refractivity contribution in [2.24, 2.45) is 0 Å². The Bertz CT molecular complexity index is 544. The Balaban J connectivity index is 2.14. The molecule has 2 rings (SSSR count). The first-order valence-corrected chi connectivity index (χ1v) is 6.57. The predicted octanol–water partition coefficient (Wildman–Crippen LogP) is 5.22. The molecule has 0 aliphatic heterocycles. The van der Waals surface area contributed by atoms with Crippen molar-refractivity contribution in [1.82, 2.24) is 0 Å². The van der Waals surface area contributed by atoms with Crippen LogP contribution in [0.5, 0.6) is 0 Å². The van der Waals surface area contributed by atoms with Gasteiger partial charge in [-0.2, -0.15) is 0 Å². The molecule has 0 fully saturated rings. The molecule has 1 nitrogen and oxygen atoms in total. The van der Waals surface area contributed by atoms with Crippen molar-refractivity contribution in [2.75, 3.05) is 5.32 Å². The molecule has 0 aromatic heterocycles. The molecular formula is C15H15Cl2N. The third-order valence-corrected chi connectivity index (χ3v) is 3.59. The Kier molecular flexibility index (Phi) is 4.15. The van der Waals surface area contributed by atoms with E-state index in [0.717, 1.165) is 11.3 Å². The SMILES string of the molecule is Cc1cc(C)cc(NCc2cccc(Cl)c2Cl)c1. The summed E-state index contributed by atoms with van der Waals surface area (Å²) < 4.78 is 0. The zero-order valence-corrected chi connectivity index (χ0v) is 11.9. The van der Waals surface area contributed by atoms with Crippen LogP contribution in [0.15, 0.2) is 36.4 Å². The highest BCUT2D eigenvalue weighted by molar-refractivity contribution is 6.42. The third kappa shape index (κ3) is 3.18. The van der Waals surface area contributed by atoms with Crippen molar-refractivity contribution in [3.05, 3.63) is 63.1 Å². The molecule has 0 aliphatic carbocycles. The summed E-state index contributed by atoms with van der Waals surface area (Å²) >= 11 is 12.1. The zero-order chi connectivity index (χ0) is 13.1. The molecule has 18 heavy (non-hydrogen) atoms. The second-order valence-electron chi connectivity index (χ2n) is 4.44. The Morgan fingerprint density at radius 3 is 2.33 bits per heavy atom. The summed E-state index contributed by atoms with van der Waals surface area (Å²) in [7, 11) is 0. The van der Waals surface area contributed by atoms with Crippen LogP contribution in [0.1, 0.15) is 16.7 Å². The fraction of sp³-hybridized carbons (Fsp3) is 0.200. The molecule has 2 aromatic carbocycles. The summed E-state index contributed by atoms with van der Waals surface area (Å²) in [5, 5.41) is 4.58. The number of anilines is 1. The van der Waals surface area contributed by atoms with Gasteiger partial charge in [-0.25, -0.2) is 0 Å². The fourth-order valence-electron chi connectivity index (χ4n) is 1.96. The zero-order valence-electron chi connectivity index (χ0n) is 10.4. The number of nitrogens with one attached hydrogen (secondary N) is 1. The van der Waals surface area contributed by atoms with E-state index in [4.69, 9.17) is 23.2 Å². The van der Waals surface area contributed by atoms with Gasteiger partial charge in [-0.1, -0.05) is 41.4 Å². The van der Waals surface area contributed by atoms with E-state index in [1.165, 1.54) is 11.1 Å². The molecule has 2 aromatic rings. The maximum Gasteiger partial charge on any atom is 0.0642 e. The molecule has 3 heteroatoms. The van der Waals surface area contributed by atoms with E-state index in [1.807, 2.05) is 12.1 Å². The lowest BCUT2D eigenvalue weighted by molar-refractivity contribution is 1.14. The molecule has 0 amide bonds. The smallest absolute Gasteiger partial charge is 0.0642 e. The van der Waals surface area contributed by atoms with Gasteiger partial charge in [-0.05, 0) is 48.7 Å². The van der Waals surface area contributed by atoms with Gasteiger partial charge in [0, 0.05) is 12.2 Å². The van der Waals surface area contributed by atoms with E-state index in [-0.39, 0.29) is 0 Å². The molecule has 0 atom stereocenters. The minimum Gasteiger partial charge on any atom is -0.381 e. The summed E-state index contributed by atoms with van der Waals surface area (Å²) in [5.74, 6) is 0. The standard InChI is InChI=1S/C15H15Cl2N/c1-10-6-11(2)8-13(7-10)18-9-12-4-3-5-14(16)15(12)17/h3-8,18H,9H2,1-2H3. The first kappa shape index (κ1) is 13.3. The quantitative estimate of drug-likeness (QED) is 0.812. The van der Waals surface area contributed by atoms with Crippen molar-refractivity contribution < 1.29 is 0 Å². The molecule has 0 aliphatic rings. The first-order valence-electron chi connectivity index (χ1n) is 5.81. The lowest BCUT2D eigenvalue weighted by Gasteiger charge is -2.10. The van der Waals surface area contributed by atoms with Gasteiger partial charge >= 0.3 is 0 Å². The average molecular weight is 280 g/mol. The number of halogens is 2. The van der Waals surface area contributed by atoms with Crippen LogP contribution in [0.2, 0.25) is 10.0 Å². The molecule has 0 spiro atoms. The van der Waals surface area contributed by atoms with Gasteiger partial charge in [0.1, 0.15) is 0 Å². The minimum atomic E-state index is 0.594. The van der Waals surface area contributed by atoms with Crippen molar-refractivity contribution in [1.29, 1.82) is 0 Å². The van der Waals surface area contributed by atoms with E-state index in [9.17, 15) is 0 Å². The molecule has 0 radical (unpaired) electrons. The molecule has 0 bridgehead atoms. The molecule has 0 heterocycles. The van der Waals surface area contributed by atoms with Gasteiger partial charge in [-0.15, -0.1) is 0 Å². The first-order chi connectivity index (χ1) is 8.56. The average Bonchev–Trinajstić information content (AvgIpc) is 2.30. The van der Waals surface area contributed by atoms with E-state index >= 15 is 0 Å². The lowest BCUT2D eigenvalue weighted by Crippen LogP contribution is -2.00. The predicted molar refractivity (Wildman–Crippen MR) is 79.7 cm³/mol. The number of rotatable bonds is 3. The van der Waals surface area contributed by atoms with Gasteiger partial charge in [0.25, 0.3) is 0 Å². The topological polar surface area (TPSA) is 12.0 Å². The fourth-order valence-corrected chi connectivity index (χ4v) is 2.35. The molecular weight excluding hydrogens is 265 g/mol. The molecule has 0 saturated carbocycles. The molecule has 94 valence electrons. The van der Waals surface area contributed by atoms with Crippen molar-refractivity contribution in [2.45, 2.75) is 20.4 Å². The molecule has 0 saturated heterocycles. The molecule has 1 N–H and O–H groups in total. The second-order valence-corrected chi connectivity index (χ2v) is 5.23. The van der Waals surface area contributed by atoms with Crippen LogP contribution >= 0.6 is 23.2 Å². The van der Waals surface area contributed by atoms with Gasteiger partial charge in [0.05, 0.1) is 10.0 Å². The highest BCUT2D eigenvalue weighted by Gasteiger charge is 2.04. The van der Waals surface area contributed by atoms with Crippen LogP contribution in [0.25, 0.3) is 0 Å². The van der Waals surface area contributed by atoms with E-state index in [0.29, 0.717) is 16.6 Å². The number of benzene rings is 2. The highest BCUT2D eigenvalue weighted by atomic mass is 35.5. The number of hydrogen-bond donors (Lipinski definition) is 1. The van der Waals surface area contributed by atoms with Crippen LogP contribution in [0.3, 0.4) is 0 Å². The Labute approximate surface area is 118 Å². The van der Waals surface area contributed by atoms with Crippen molar-refractivity contribution >= 4 is 28.9 Å². The summed E-state index contributed by atoms with van der Waals surface area (Å²) in [5.41, 5.74) is 4.59. The van der Waals surface area contributed by atoms with Crippen LogP contribution in [0, 0.1) is 13.8 Å². The largest absolute Gasteiger partial charge is 0.381 e. The Morgan fingerprint density at radius 2 is 1.67 bits per heavy atom. The third-order valence-electron chi connectivity index (χ3n) is 2.74. The summed E-state index contributed by atoms with van der Waals surface area (Å²) in [6.45, 7) is 4.84. The van der Waals surface area contributed by atoms with Crippen LogP contribution in [-0.4, -0.2) is 0 Å². The highest BCUT2D eigenvalue weighted by Crippen LogP contribution is 2.26. The van der Waals surface area contributed by atoms with Gasteiger partial charge in [0.2, 0.25) is 0 Å². The lowest BCUT2D eigenvalue weighted by atomic mass is 10.1. The van der Waals surface area contributed by atoms with Crippen LogP contribution in [-0.2, 0) is 6.54 Å². The van der Waals surface area contributed by atoms with Gasteiger partial charge < -0.3 is 5.32 Å². The van der Waals surface area contributed by atoms with Gasteiger partial charge in [-0.3, -0.25) is 0 Å². The van der Waals surface area contributed by atoms with Crippen molar-refractivity contribution in [3.63, 3.8) is 0 Å². The van der Waals surface area contributed by atoms with E-state index in [1.54, 1.807) is 6.07 Å². The Hall–Kier alpha value is -1.18. The number of hydrogen-bond acceptors (Lipinski definition) is 1. The van der Waals surface area contributed by atoms with E-state index < -0.39 is 0 Å². The summed E-state index contributed by atoms with van der Waals surface area (Å²) in [4.78, 5) is 0. The minimum absolute atomic E-state index is 0.594. The van der Waals surface area contributed by atoms with Crippen LogP contribution < -0.4 is 5.32 Å². The summed E-state index contributed by atoms with van der Waals surface area (Å²) in [6.07, 6.45) is 0. The Morgan fingerprint density at radius 1 is 1.00 bits per heavy atom. The molecule has 0 unspecified atom stereocenters. The maximum absolute atomic E-state index is 6.15. The monoisotopic (exact) mass is 279 g/mol. The van der Waals surface area contributed by atoms with E-state index in [2.05, 4.69) is 37.4 Å².